The molecule has 2 atom stereocenters. The first-order valence-electron chi connectivity index (χ1n) is 8.25. The number of ether oxygens (including phenoxy) is 1. The number of hydrogen-bond donors (Lipinski definition) is 0. The van der Waals surface area contributed by atoms with Crippen LogP contribution in [0, 0.1) is 11.8 Å². The van der Waals surface area contributed by atoms with Gasteiger partial charge in [0.1, 0.15) is 0 Å². The number of hydrogen-bond acceptors (Lipinski definition) is 1. The summed E-state index contributed by atoms with van der Waals surface area (Å²) in [6.07, 6.45) is 11.1. The first kappa shape index (κ1) is 18.0. The molecule has 0 saturated heterocycles. The third-order valence-electron chi connectivity index (χ3n) is 3.86. The molecule has 0 aromatic rings. The van der Waals surface area contributed by atoms with E-state index in [0.717, 1.165) is 18.4 Å². The molecule has 0 aliphatic heterocycles. The van der Waals surface area contributed by atoms with Gasteiger partial charge in [0.15, 0.2) is 0 Å². The topological polar surface area (TPSA) is 9.23 Å². The Hall–Kier alpha value is -0.0400. The van der Waals surface area contributed by atoms with Crippen LogP contribution in [-0.4, -0.2) is 12.7 Å². The van der Waals surface area contributed by atoms with Gasteiger partial charge in [0, 0.05) is 6.61 Å². The van der Waals surface area contributed by atoms with Crippen LogP contribution in [0.2, 0.25) is 0 Å². The Morgan fingerprint density at radius 3 is 2.11 bits per heavy atom. The van der Waals surface area contributed by atoms with Gasteiger partial charge in [-0.1, -0.05) is 66.2 Å². The monoisotopic (exact) mass is 256 g/mol. The maximum absolute atomic E-state index is 5.93. The van der Waals surface area contributed by atoms with Crippen LogP contribution < -0.4 is 0 Å². The van der Waals surface area contributed by atoms with Crippen molar-refractivity contribution in [1.82, 2.24) is 0 Å². The van der Waals surface area contributed by atoms with Crippen molar-refractivity contribution in [3.8, 4) is 0 Å². The molecule has 0 aliphatic carbocycles. The van der Waals surface area contributed by atoms with E-state index in [1.807, 2.05) is 0 Å². The van der Waals surface area contributed by atoms with Gasteiger partial charge < -0.3 is 4.74 Å². The third kappa shape index (κ3) is 9.94. The molecule has 0 amide bonds. The zero-order valence-electron chi connectivity index (χ0n) is 13.5. The van der Waals surface area contributed by atoms with Crippen molar-refractivity contribution < 1.29 is 4.74 Å². The molecule has 0 radical (unpaired) electrons. The molecule has 0 aliphatic rings. The summed E-state index contributed by atoms with van der Waals surface area (Å²) in [4.78, 5) is 0. The van der Waals surface area contributed by atoms with E-state index in [9.17, 15) is 0 Å². The van der Waals surface area contributed by atoms with E-state index < -0.39 is 0 Å². The molecular formula is C17H36O. The molecule has 0 rings (SSSR count). The summed E-state index contributed by atoms with van der Waals surface area (Å²) in [5.74, 6) is 1.70. The smallest absolute Gasteiger partial charge is 0.0577 e. The summed E-state index contributed by atoms with van der Waals surface area (Å²) in [6, 6.07) is 0. The summed E-state index contributed by atoms with van der Waals surface area (Å²) >= 11 is 0. The fourth-order valence-corrected chi connectivity index (χ4v) is 2.56. The van der Waals surface area contributed by atoms with E-state index in [-0.39, 0.29) is 0 Å². The molecule has 0 aromatic carbocycles. The molecule has 0 saturated carbocycles. The van der Waals surface area contributed by atoms with Gasteiger partial charge in [0.05, 0.1) is 6.10 Å². The van der Waals surface area contributed by atoms with Crippen molar-refractivity contribution in [2.45, 2.75) is 92.1 Å². The Balaban J connectivity index is 3.99. The highest BCUT2D eigenvalue weighted by molar-refractivity contribution is 4.67. The lowest BCUT2D eigenvalue weighted by Gasteiger charge is -2.23. The van der Waals surface area contributed by atoms with Crippen LogP contribution in [0.1, 0.15) is 86.0 Å². The molecule has 1 heteroatoms. The predicted octanol–water partition coefficient (Wildman–Crippen LogP) is 5.82. The summed E-state index contributed by atoms with van der Waals surface area (Å²) in [7, 11) is 0. The Kier molecular flexibility index (Phi) is 12.0. The maximum atomic E-state index is 5.93. The van der Waals surface area contributed by atoms with Gasteiger partial charge in [-0.05, 0) is 31.6 Å². The molecule has 110 valence electrons. The molecule has 18 heavy (non-hydrogen) atoms. The molecule has 2 unspecified atom stereocenters. The standard InChI is InChI=1S/C17H36O/c1-6-9-10-11-17(18-8-3)14-16(7-2)13-12-15(4)5/h15-17H,6-14H2,1-5H3. The molecule has 0 spiro atoms. The second-order valence-electron chi connectivity index (χ2n) is 6.05. The molecule has 1 nitrogen and oxygen atoms in total. The van der Waals surface area contributed by atoms with E-state index in [1.165, 1.54) is 51.4 Å². The molecule has 0 bridgehead atoms. The third-order valence-corrected chi connectivity index (χ3v) is 3.86. The van der Waals surface area contributed by atoms with Gasteiger partial charge in [0.2, 0.25) is 0 Å². The highest BCUT2D eigenvalue weighted by atomic mass is 16.5. The van der Waals surface area contributed by atoms with Crippen molar-refractivity contribution in [3.63, 3.8) is 0 Å². The Bertz CT molecular complexity index is 165. The van der Waals surface area contributed by atoms with Crippen molar-refractivity contribution >= 4 is 0 Å². The minimum atomic E-state index is 0.513. The average molecular weight is 256 g/mol. The van der Waals surface area contributed by atoms with Crippen LogP contribution >= 0.6 is 0 Å². The fourth-order valence-electron chi connectivity index (χ4n) is 2.56. The minimum absolute atomic E-state index is 0.513. The average Bonchev–Trinajstić information content (AvgIpc) is 2.34. The van der Waals surface area contributed by atoms with Crippen LogP contribution in [0.5, 0.6) is 0 Å². The Labute approximate surface area is 116 Å². The minimum Gasteiger partial charge on any atom is -0.378 e. The maximum Gasteiger partial charge on any atom is 0.0577 e. The predicted molar refractivity (Wildman–Crippen MR) is 82.0 cm³/mol. The van der Waals surface area contributed by atoms with E-state index in [1.54, 1.807) is 0 Å². The number of rotatable bonds is 12. The van der Waals surface area contributed by atoms with Crippen LogP contribution in [0.4, 0.5) is 0 Å². The van der Waals surface area contributed by atoms with Crippen LogP contribution in [-0.2, 0) is 4.74 Å². The summed E-state index contributed by atoms with van der Waals surface area (Å²) in [5.41, 5.74) is 0. The second kappa shape index (κ2) is 12.0. The van der Waals surface area contributed by atoms with Crippen molar-refractivity contribution in [2.75, 3.05) is 6.61 Å². The van der Waals surface area contributed by atoms with Crippen LogP contribution in [0.3, 0.4) is 0 Å². The van der Waals surface area contributed by atoms with Gasteiger partial charge in [-0.3, -0.25) is 0 Å². The highest BCUT2D eigenvalue weighted by Gasteiger charge is 2.15. The molecule has 0 aromatic heterocycles. The number of unbranched alkanes of at least 4 members (excludes halogenated alkanes) is 2. The summed E-state index contributed by atoms with van der Waals surface area (Å²) in [6.45, 7) is 12.3. The lowest BCUT2D eigenvalue weighted by Crippen LogP contribution is -2.18. The molecular weight excluding hydrogens is 220 g/mol. The largest absolute Gasteiger partial charge is 0.378 e. The highest BCUT2D eigenvalue weighted by Crippen LogP contribution is 2.24. The SMILES string of the molecule is CCCCCC(CC(CC)CCC(C)C)OCC. The van der Waals surface area contributed by atoms with Crippen molar-refractivity contribution in [2.24, 2.45) is 11.8 Å². The van der Waals surface area contributed by atoms with Gasteiger partial charge in [-0.25, -0.2) is 0 Å². The quantitative estimate of drug-likeness (QED) is 0.399. The van der Waals surface area contributed by atoms with Gasteiger partial charge in [-0.15, -0.1) is 0 Å². The fraction of sp³-hybridized carbons (Fsp3) is 1.00. The second-order valence-corrected chi connectivity index (χ2v) is 6.05. The van der Waals surface area contributed by atoms with E-state index in [2.05, 4.69) is 34.6 Å². The first-order valence-corrected chi connectivity index (χ1v) is 8.25. The van der Waals surface area contributed by atoms with Crippen molar-refractivity contribution in [3.05, 3.63) is 0 Å². The van der Waals surface area contributed by atoms with Gasteiger partial charge >= 0.3 is 0 Å². The zero-order chi connectivity index (χ0) is 13.8. The summed E-state index contributed by atoms with van der Waals surface area (Å²) in [5, 5.41) is 0. The van der Waals surface area contributed by atoms with E-state index in [0.29, 0.717) is 6.10 Å². The normalized spacial score (nSPS) is 15.0. The Morgan fingerprint density at radius 1 is 0.889 bits per heavy atom. The Morgan fingerprint density at radius 2 is 1.61 bits per heavy atom. The van der Waals surface area contributed by atoms with Gasteiger partial charge in [0.25, 0.3) is 0 Å². The van der Waals surface area contributed by atoms with E-state index in [4.69, 9.17) is 4.74 Å². The zero-order valence-corrected chi connectivity index (χ0v) is 13.5. The molecule has 0 fully saturated rings. The summed E-state index contributed by atoms with van der Waals surface area (Å²) < 4.78 is 5.93. The van der Waals surface area contributed by atoms with Crippen molar-refractivity contribution in [1.29, 1.82) is 0 Å². The molecule has 0 heterocycles. The lowest BCUT2D eigenvalue weighted by atomic mass is 9.89. The lowest BCUT2D eigenvalue weighted by molar-refractivity contribution is 0.0350. The van der Waals surface area contributed by atoms with E-state index >= 15 is 0 Å². The molecule has 0 N–H and O–H groups in total. The van der Waals surface area contributed by atoms with Crippen LogP contribution in [0.15, 0.2) is 0 Å². The van der Waals surface area contributed by atoms with Gasteiger partial charge in [-0.2, -0.15) is 0 Å². The first-order chi connectivity index (χ1) is 8.63. The van der Waals surface area contributed by atoms with Crippen LogP contribution in [0.25, 0.3) is 0 Å².